The molecule has 0 saturated heterocycles. The van der Waals surface area contributed by atoms with Crippen LogP contribution >= 0.6 is 0 Å². The van der Waals surface area contributed by atoms with Gasteiger partial charge in [-0.25, -0.2) is 14.3 Å². The second kappa shape index (κ2) is 13.3. The summed E-state index contributed by atoms with van der Waals surface area (Å²) in [7, 11) is 1.25. The maximum atomic E-state index is 12.6. The van der Waals surface area contributed by atoms with Crippen molar-refractivity contribution in [1.82, 2.24) is 15.1 Å². The molecule has 43 heavy (non-hydrogen) atoms. The lowest BCUT2D eigenvalue weighted by molar-refractivity contribution is -0.384. The van der Waals surface area contributed by atoms with Crippen molar-refractivity contribution >= 4 is 17.7 Å². The van der Waals surface area contributed by atoms with Crippen LogP contribution in [0, 0.1) is 10.1 Å². The molecule has 10 nitrogen and oxygen atoms in total. The second-order valence-corrected chi connectivity index (χ2v) is 9.64. The fourth-order valence-corrected chi connectivity index (χ4v) is 4.59. The third-order valence-electron chi connectivity index (χ3n) is 6.74. The van der Waals surface area contributed by atoms with Crippen molar-refractivity contribution in [2.45, 2.75) is 19.1 Å². The molecule has 0 spiro atoms. The first-order valence-electron chi connectivity index (χ1n) is 13.5. The van der Waals surface area contributed by atoms with Gasteiger partial charge in [0, 0.05) is 24.1 Å². The molecule has 1 amide bonds. The van der Waals surface area contributed by atoms with Crippen LogP contribution in [0.25, 0.3) is 28.1 Å². The van der Waals surface area contributed by atoms with Crippen LogP contribution in [0.3, 0.4) is 0 Å². The summed E-state index contributed by atoms with van der Waals surface area (Å²) in [5.41, 5.74) is 5.31. The van der Waals surface area contributed by atoms with Crippen molar-refractivity contribution in [3.63, 3.8) is 0 Å². The zero-order valence-corrected chi connectivity index (χ0v) is 23.3. The summed E-state index contributed by atoms with van der Waals surface area (Å²) in [5.74, 6) is -0.631. The molecule has 5 rings (SSSR count). The molecule has 0 aliphatic carbocycles. The number of benzene rings is 4. The van der Waals surface area contributed by atoms with Crippen molar-refractivity contribution in [2.75, 3.05) is 7.11 Å². The van der Waals surface area contributed by atoms with E-state index < -0.39 is 23.0 Å². The van der Waals surface area contributed by atoms with Gasteiger partial charge < -0.3 is 14.8 Å². The summed E-state index contributed by atoms with van der Waals surface area (Å²) >= 11 is 0. The molecule has 10 heteroatoms. The number of alkyl carbamates (subject to hydrolysis) is 1. The zero-order valence-electron chi connectivity index (χ0n) is 23.3. The Morgan fingerprint density at radius 1 is 0.860 bits per heavy atom. The van der Waals surface area contributed by atoms with E-state index in [4.69, 9.17) is 14.6 Å². The summed E-state index contributed by atoms with van der Waals surface area (Å²) in [4.78, 5) is 36.0. The largest absolute Gasteiger partial charge is 0.467 e. The number of hydrogen-bond acceptors (Lipinski definition) is 7. The topological polar surface area (TPSA) is 126 Å². The Bertz CT molecular complexity index is 1720. The average Bonchev–Trinajstić information content (AvgIpc) is 3.48. The smallest absolute Gasteiger partial charge is 0.408 e. The second-order valence-electron chi connectivity index (χ2n) is 9.64. The number of nitro benzene ring substituents is 1. The molecule has 1 heterocycles. The summed E-state index contributed by atoms with van der Waals surface area (Å²) in [6, 6.07) is 33.6. The maximum Gasteiger partial charge on any atom is 0.408 e. The number of ether oxygens (including phenoxy) is 2. The Kier molecular flexibility index (Phi) is 8.87. The van der Waals surface area contributed by atoms with Crippen LogP contribution in [0.5, 0.6) is 0 Å². The van der Waals surface area contributed by atoms with Crippen LogP contribution in [0.2, 0.25) is 0 Å². The molecule has 216 valence electrons. The first-order chi connectivity index (χ1) is 20.9. The van der Waals surface area contributed by atoms with Crippen molar-refractivity contribution in [3.05, 3.63) is 137 Å². The van der Waals surface area contributed by atoms with Gasteiger partial charge >= 0.3 is 12.1 Å². The lowest BCUT2D eigenvalue weighted by atomic mass is 10.0. The van der Waals surface area contributed by atoms with Gasteiger partial charge in [0.05, 0.1) is 29.1 Å². The van der Waals surface area contributed by atoms with Crippen LogP contribution in [-0.4, -0.2) is 39.9 Å². The maximum absolute atomic E-state index is 12.6. The molecule has 1 atom stereocenters. The highest BCUT2D eigenvalue weighted by atomic mass is 16.6. The summed E-state index contributed by atoms with van der Waals surface area (Å²) in [6.07, 6.45) is -0.690. The molecule has 4 aromatic carbocycles. The Balaban J connectivity index is 1.40. The van der Waals surface area contributed by atoms with Gasteiger partial charge in [-0.2, -0.15) is 5.10 Å². The molecule has 1 aromatic heterocycles. The lowest BCUT2D eigenvalue weighted by Crippen LogP contribution is -2.43. The number of carbonyl (C=O) groups is 2. The third-order valence-corrected chi connectivity index (χ3v) is 6.74. The van der Waals surface area contributed by atoms with E-state index in [1.54, 1.807) is 10.7 Å². The van der Waals surface area contributed by atoms with Gasteiger partial charge in [0.15, 0.2) is 0 Å². The number of aromatic nitrogens is 2. The van der Waals surface area contributed by atoms with Gasteiger partial charge in [0.1, 0.15) is 12.6 Å². The molecule has 0 aliphatic rings. The Morgan fingerprint density at radius 2 is 1.53 bits per heavy atom. The molecule has 0 unspecified atom stereocenters. The molecule has 0 aliphatic heterocycles. The van der Waals surface area contributed by atoms with Crippen LogP contribution in [0.1, 0.15) is 11.3 Å². The van der Waals surface area contributed by atoms with E-state index in [0.29, 0.717) is 5.69 Å². The van der Waals surface area contributed by atoms with Gasteiger partial charge in [-0.05, 0) is 34.9 Å². The van der Waals surface area contributed by atoms with E-state index >= 15 is 0 Å². The van der Waals surface area contributed by atoms with E-state index in [9.17, 15) is 19.7 Å². The molecule has 1 N–H and O–H groups in total. The summed E-state index contributed by atoms with van der Waals surface area (Å²) in [6.45, 7) is 0.0552. The number of carbonyl (C=O) groups excluding carboxylic acids is 2. The van der Waals surface area contributed by atoms with Crippen LogP contribution in [0.15, 0.2) is 115 Å². The van der Waals surface area contributed by atoms with E-state index in [0.717, 1.165) is 33.6 Å². The Morgan fingerprint density at radius 3 is 2.21 bits per heavy atom. The van der Waals surface area contributed by atoms with E-state index in [2.05, 4.69) is 5.32 Å². The van der Waals surface area contributed by atoms with Gasteiger partial charge in [-0.3, -0.25) is 10.1 Å². The van der Waals surface area contributed by atoms with Gasteiger partial charge in [-0.1, -0.05) is 84.9 Å². The van der Waals surface area contributed by atoms with Crippen LogP contribution in [-0.2, 0) is 27.3 Å². The van der Waals surface area contributed by atoms with Gasteiger partial charge in [-0.15, -0.1) is 0 Å². The number of nitrogens with zero attached hydrogens (tertiary/aromatic N) is 3. The fourth-order valence-electron chi connectivity index (χ4n) is 4.59. The number of amides is 1. The minimum Gasteiger partial charge on any atom is -0.467 e. The number of nitro groups is 1. The molecule has 0 fully saturated rings. The normalized spacial score (nSPS) is 11.4. The Labute approximate surface area is 247 Å². The number of hydrogen-bond donors (Lipinski definition) is 1. The minimum absolute atomic E-state index is 0.0195. The first kappa shape index (κ1) is 28.7. The highest BCUT2D eigenvalue weighted by Crippen LogP contribution is 2.29. The molecule has 0 bridgehead atoms. The molecule has 5 aromatic rings. The predicted octanol–water partition coefficient (Wildman–Crippen LogP) is 6.13. The Hall–Kier alpha value is -5.77. The number of esters is 1. The zero-order chi connectivity index (χ0) is 30.2. The third kappa shape index (κ3) is 7.12. The average molecular weight is 577 g/mol. The first-order valence-corrected chi connectivity index (χ1v) is 13.5. The van der Waals surface area contributed by atoms with Crippen LogP contribution in [0.4, 0.5) is 10.5 Å². The minimum atomic E-state index is -1.03. The lowest BCUT2D eigenvalue weighted by Gasteiger charge is -2.15. The quantitative estimate of drug-likeness (QED) is 0.121. The highest BCUT2D eigenvalue weighted by Gasteiger charge is 2.25. The fraction of sp³-hybridized carbons (Fsp3) is 0.121. The van der Waals surface area contributed by atoms with E-state index in [1.165, 1.54) is 19.2 Å². The summed E-state index contributed by atoms with van der Waals surface area (Å²) < 4.78 is 12.0. The van der Waals surface area contributed by atoms with Crippen molar-refractivity contribution in [2.24, 2.45) is 0 Å². The van der Waals surface area contributed by atoms with E-state index in [1.807, 2.05) is 97.1 Å². The van der Waals surface area contributed by atoms with Crippen molar-refractivity contribution < 1.29 is 24.0 Å². The number of para-hydroxylation sites is 1. The van der Waals surface area contributed by atoms with Gasteiger partial charge in [0.2, 0.25) is 0 Å². The highest BCUT2D eigenvalue weighted by molar-refractivity contribution is 5.81. The SMILES string of the molecule is COC(=O)[C@H](Cc1cc(-c2ccc(-c3cccc([N+](=O)[O-])c3)cc2)n(-c2ccccc2)n1)NC(=O)OCc1ccccc1. The van der Waals surface area contributed by atoms with Crippen molar-refractivity contribution in [1.29, 1.82) is 0 Å². The van der Waals surface area contributed by atoms with Gasteiger partial charge in [0.25, 0.3) is 5.69 Å². The molecule has 0 saturated carbocycles. The standard InChI is InChI=1S/C33H28N4O6/c1-42-32(38)30(34-33(39)43-22-23-9-4-2-5-10-23)20-27-21-31(36(35-27)28-12-6-3-7-13-28)25-17-15-24(16-18-25)26-11-8-14-29(19-26)37(40)41/h2-19,21,30H,20,22H2,1H3,(H,34,39)/t30-/m0/s1. The number of methoxy groups -OCH3 is 1. The predicted molar refractivity (Wildman–Crippen MR) is 160 cm³/mol. The molecular weight excluding hydrogens is 548 g/mol. The number of non-ortho nitro benzene ring substituents is 1. The van der Waals surface area contributed by atoms with Crippen LogP contribution < -0.4 is 5.32 Å². The summed E-state index contributed by atoms with van der Waals surface area (Å²) in [5, 5.41) is 18.6. The number of nitrogens with one attached hydrogen (secondary N) is 1. The number of rotatable bonds is 10. The molecule has 0 radical (unpaired) electrons. The monoisotopic (exact) mass is 576 g/mol. The molecular formula is C33H28N4O6. The van der Waals surface area contributed by atoms with Crippen molar-refractivity contribution in [3.8, 4) is 28.1 Å². The van der Waals surface area contributed by atoms with E-state index in [-0.39, 0.29) is 18.7 Å².